The van der Waals surface area contributed by atoms with Gasteiger partial charge >= 0.3 is 0 Å². The van der Waals surface area contributed by atoms with Crippen molar-refractivity contribution in [3.8, 4) is 0 Å². The van der Waals surface area contributed by atoms with E-state index in [0.29, 0.717) is 17.3 Å². The fourth-order valence-electron chi connectivity index (χ4n) is 2.89. The van der Waals surface area contributed by atoms with Crippen LogP contribution in [0.3, 0.4) is 0 Å². The first kappa shape index (κ1) is 19.0. The van der Waals surface area contributed by atoms with Gasteiger partial charge in [-0.15, -0.1) is 12.4 Å². The molecule has 6 heteroatoms. The molecule has 0 saturated heterocycles. The van der Waals surface area contributed by atoms with Crippen molar-refractivity contribution in [2.75, 3.05) is 6.54 Å². The first-order valence-electron chi connectivity index (χ1n) is 8.10. The van der Waals surface area contributed by atoms with Crippen molar-refractivity contribution in [2.45, 2.75) is 25.9 Å². The Kier molecular flexibility index (Phi) is 6.17. The van der Waals surface area contributed by atoms with Crippen LogP contribution in [0.4, 0.5) is 0 Å². The van der Waals surface area contributed by atoms with Crippen molar-refractivity contribution in [3.05, 3.63) is 58.8 Å². The van der Waals surface area contributed by atoms with Gasteiger partial charge in [-0.3, -0.25) is 9.59 Å². The second kappa shape index (κ2) is 8.14. The number of fused-ring (bicyclic) bond motifs is 2. The number of hydrogen-bond donors (Lipinski definition) is 2. The topological polar surface area (TPSA) is 77.1 Å². The normalized spacial score (nSPS) is 11.9. The quantitative estimate of drug-likeness (QED) is 0.687. The Morgan fingerprint density at radius 2 is 1.60 bits per heavy atom. The third kappa shape index (κ3) is 4.00. The lowest BCUT2D eigenvalue weighted by molar-refractivity contribution is -0.121. The maximum absolute atomic E-state index is 12.6. The Morgan fingerprint density at radius 3 is 2.12 bits per heavy atom. The van der Waals surface area contributed by atoms with Crippen molar-refractivity contribution in [1.82, 2.24) is 9.88 Å². The van der Waals surface area contributed by atoms with Gasteiger partial charge in [-0.05, 0) is 37.6 Å². The van der Waals surface area contributed by atoms with Gasteiger partial charge in [0, 0.05) is 23.4 Å². The van der Waals surface area contributed by atoms with Crippen LogP contribution in [0.1, 0.15) is 13.3 Å². The Hall–Kier alpha value is -2.37. The number of pyridine rings is 1. The number of amides is 1. The smallest absolute Gasteiger partial charge is 0.239 e. The summed E-state index contributed by atoms with van der Waals surface area (Å²) in [7, 11) is 0. The fourth-order valence-corrected chi connectivity index (χ4v) is 2.89. The molecule has 5 nitrogen and oxygen atoms in total. The lowest BCUT2D eigenvalue weighted by Crippen LogP contribution is -2.32. The Morgan fingerprint density at radius 1 is 1.08 bits per heavy atom. The largest absolute Gasteiger partial charge is 0.354 e. The van der Waals surface area contributed by atoms with Crippen LogP contribution in [0.15, 0.2) is 53.3 Å². The molecule has 3 aromatic rings. The minimum atomic E-state index is -0.0883. The molecule has 0 spiro atoms. The fraction of sp³-hybridized carbons (Fsp3) is 0.263. The number of carbonyl (C=O) groups excluding carboxylic acids is 1. The van der Waals surface area contributed by atoms with Gasteiger partial charge in [-0.1, -0.05) is 24.3 Å². The van der Waals surface area contributed by atoms with Crippen molar-refractivity contribution in [2.24, 2.45) is 5.73 Å². The Balaban J connectivity index is 0.00000225. The van der Waals surface area contributed by atoms with E-state index in [0.717, 1.165) is 17.5 Å². The summed E-state index contributed by atoms with van der Waals surface area (Å²) in [6, 6.07) is 14.8. The van der Waals surface area contributed by atoms with Crippen LogP contribution in [-0.2, 0) is 11.3 Å². The minimum Gasteiger partial charge on any atom is -0.354 e. The van der Waals surface area contributed by atoms with E-state index in [4.69, 9.17) is 5.73 Å². The predicted molar refractivity (Wildman–Crippen MR) is 104 cm³/mol. The van der Waals surface area contributed by atoms with Crippen LogP contribution in [0, 0.1) is 0 Å². The lowest BCUT2D eigenvalue weighted by Gasteiger charge is -2.15. The van der Waals surface area contributed by atoms with Crippen molar-refractivity contribution >= 4 is 40.1 Å². The van der Waals surface area contributed by atoms with Crippen LogP contribution in [-0.4, -0.2) is 23.1 Å². The first-order chi connectivity index (χ1) is 11.6. The van der Waals surface area contributed by atoms with Crippen molar-refractivity contribution < 1.29 is 4.79 Å². The second-order valence-corrected chi connectivity index (χ2v) is 6.07. The minimum absolute atomic E-state index is 0. The SMILES string of the molecule is CC(N)CCNC(=O)Cn1c2ccccc2c(=O)c2ccccc21.Cl. The predicted octanol–water partition coefficient (Wildman–Crippen LogP) is 2.43. The highest BCUT2D eigenvalue weighted by molar-refractivity contribution is 5.94. The number of halogens is 1. The molecule has 132 valence electrons. The maximum Gasteiger partial charge on any atom is 0.239 e. The highest BCUT2D eigenvalue weighted by Gasteiger charge is 2.12. The zero-order valence-electron chi connectivity index (χ0n) is 14.1. The molecular formula is C19H22ClN3O2. The van der Waals surface area contributed by atoms with Crippen molar-refractivity contribution in [1.29, 1.82) is 0 Å². The van der Waals surface area contributed by atoms with E-state index in [1.807, 2.05) is 47.9 Å². The molecule has 3 N–H and O–H groups in total. The highest BCUT2D eigenvalue weighted by atomic mass is 35.5. The number of aromatic nitrogens is 1. The third-order valence-electron chi connectivity index (χ3n) is 4.10. The summed E-state index contributed by atoms with van der Waals surface area (Å²) in [6.45, 7) is 2.63. The maximum atomic E-state index is 12.6. The lowest BCUT2D eigenvalue weighted by atomic mass is 10.1. The van der Waals surface area contributed by atoms with E-state index < -0.39 is 0 Å². The summed E-state index contributed by atoms with van der Waals surface area (Å²) < 4.78 is 1.90. The molecule has 2 aromatic carbocycles. The molecule has 1 atom stereocenters. The van der Waals surface area contributed by atoms with Gasteiger partial charge in [0.15, 0.2) is 5.43 Å². The molecule has 1 unspecified atom stereocenters. The number of benzene rings is 2. The molecule has 0 saturated carbocycles. The molecule has 0 aliphatic heterocycles. The molecular weight excluding hydrogens is 338 g/mol. The average Bonchev–Trinajstić information content (AvgIpc) is 2.58. The van der Waals surface area contributed by atoms with Gasteiger partial charge < -0.3 is 15.6 Å². The molecule has 1 aromatic heterocycles. The summed E-state index contributed by atoms with van der Waals surface area (Å²) in [5.41, 5.74) is 7.23. The number of nitrogens with zero attached hydrogens (tertiary/aromatic N) is 1. The van der Waals surface area contributed by atoms with Crippen LogP contribution in [0.2, 0.25) is 0 Å². The van der Waals surface area contributed by atoms with Gasteiger partial charge in [0.05, 0.1) is 11.0 Å². The Bertz CT molecular complexity index is 890. The van der Waals surface area contributed by atoms with E-state index in [2.05, 4.69) is 5.32 Å². The number of nitrogens with two attached hydrogens (primary N) is 1. The van der Waals surface area contributed by atoms with Gasteiger partial charge in [0.2, 0.25) is 5.91 Å². The van der Waals surface area contributed by atoms with Crippen LogP contribution in [0.5, 0.6) is 0 Å². The van der Waals surface area contributed by atoms with Gasteiger partial charge in [0.25, 0.3) is 0 Å². The van der Waals surface area contributed by atoms with E-state index in [1.54, 1.807) is 12.1 Å². The van der Waals surface area contributed by atoms with Gasteiger partial charge in [0.1, 0.15) is 6.54 Å². The summed E-state index contributed by atoms with van der Waals surface area (Å²) in [5, 5.41) is 4.14. The number of nitrogens with one attached hydrogen (secondary N) is 1. The summed E-state index contributed by atoms with van der Waals surface area (Å²) in [4.78, 5) is 25.0. The van der Waals surface area contributed by atoms with Crippen LogP contribution < -0.4 is 16.5 Å². The zero-order chi connectivity index (χ0) is 17.1. The molecule has 1 amide bonds. The van der Waals surface area contributed by atoms with Gasteiger partial charge in [-0.2, -0.15) is 0 Å². The Labute approximate surface area is 152 Å². The zero-order valence-corrected chi connectivity index (χ0v) is 14.9. The molecule has 0 fully saturated rings. The molecule has 0 bridgehead atoms. The average molecular weight is 360 g/mol. The molecule has 0 aliphatic carbocycles. The molecule has 0 radical (unpaired) electrons. The van der Waals surface area contributed by atoms with E-state index in [-0.39, 0.29) is 36.3 Å². The molecule has 25 heavy (non-hydrogen) atoms. The van der Waals surface area contributed by atoms with Gasteiger partial charge in [-0.25, -0.2) is 0 Å². The summed E-state index contributed by atoms with van der Waals surface area (Å²) in [6.07, 6.45) is 0.734. The number of para-hydroxylation sites is 2. The van der Waals surface area contributed by atoms with E-state index >= 15 is 0 Å². The molecule has 3 rings (SSSR count). The summed E-state index contributed by atoms with van der Waals surface area (Å²) in [5.74, 6) is -0.0883. The monoisotopic (exact) mass is 359 g/mol. The first-order valence-corrected chi connectivity index (χ1v) is 8.10. The summed E-state index contributed by atoms with van der Waals surface area (Å²) >= 11 is 0. The van der Waals surface area contributed by atoms with Crippen LogP contribution >= 0.6 is 12.4 Å². The highest BCUT2D eigenvalue weighted by Crippen LogP contribution is 2.18. The van der Waals surface area contributed by atoms with Crippen molar-refractivity contribution in [3.63, 3.8) is 0 Å². The number of rotatable bonds is 5. The van der Waals surface area contributed by atoms with Crippen LogP contribution in [0.25, 0.3) is 21.8 Å². The van der Waals surface area contributed by atoms with E-state index in [1.165, 1.54) is 0 Å². The number of carbonyl (C=O) groups is 1. The van der Waals surface area contributed by atoms with E-state index in [9.17, 15) is 9.59 Å². The standard InChI is InChI=1S/C19H21N3O2.ClH/c1-13(20)10-11-21-18(23)12-22-16-8-4-2-6-14(16)19(24)15-7-3-5-9-17(15)22;/h2-9,13H,10-12,20H2,1H3,(H,21,23);1H. The third-order valence-corrected chi connectivity index (χ3v) is 4.10. The molecule has 0 aliphatic rings. The second-order valence-electron chi connectivity index (χ2n) is 6.07. The number of hydrogen-bond acceptors (Lipinski definition) is 3. The molecule has 1 heterocycles.